The number of carbonyl (C=O) groups excluding carboxylic acids is 1. The maximum atomic E-state index is 12.9. The number of aliphatic hydroxyl groups excluding tert-OH is 1. The molecule has 0 aliphatic heterocycles. The van der Waals surface area contributed by atoms with Crippen LogP contribution in [-0.2, 0) is 18.4 Å². The van der Waals surface area contributed by atoms with Gasteiger partial charge in [0.2, 0.25) is 5.91 Å². The van der Waals surface area contributed by atoms with Crippen molar-refractivity contribution in [1.29, 1.82) is 0 Å². The van der Waals surface area contributed by atoms with E-state index in [1.54, 1.807) is 6.08 Å². The number of phosphoric ester groups is 1. The Morgan fingerprint density at radius 3 is 1.33 bits per heavy atom. The molecule has 0 saturated carbocycles. The van der Waals surface area contributed by atoms with Crippen molar-refractivity contribution in [2.45, 2.75) is 257 Å². The van der Waals surface area contributed by atoms with Crippen LogP contribution >= 0.6 is 7.82 Å². The number of aliphatic hydroxyl groups is 1. The van der Waals surface area contributed by atoms with Gasteiger partial charge in [-0.3, -0.25) is 9.36 Å². The van der Waals surface area contributed by atoms with Crippen LogP contribution < -0.4 is 10.2 Å². The zero-order valence-electron chi connectivity index (χ0n) is 43.9. The standard InChI is InChI=1S/C57H107N2O6P/c1-6-8-10-12-14-16-18-20-22-24-25-26-27-28-29-30-31-32-33-35-37-39-41-43-45-47-49-51-57(61)58-55(54-65-66(62,63)64-53-52-59(3,4)5)56(60)50-48-46-44-42-40-38-36-34-23-21-19-17-15-13-11-9-7-2/h18,20,24-25,27-28,40,42,48,50,55-56,60H,6-17,19,21-23,26,29-39,41,43-47,49,51-54H2,1-5H3,(H-,58,61,62,63)/b20-18-,25-24-,28-27-,42-40+,50-48+. The summed E-state index contributed by atoms with van der Waals surface area (Å²) in [5.74, 6) is -0.210. The summed E-state index contributed by atoms with van der Waals surface area (Å²) in [5.41, 5.74) is 0. The van der Waals surface area contributed by atoms with Crippen molar-refractivity contribution < 1.29 is 32.9 Å². The number of nitrogens with zero attached hydrogens (tertiary/aromatic N) is 1. The summed E-state index contributed by atoms with van der Waals surface area (Å²) in [7, 11) is 1.24. The Labute approximate surface area is 409 Å². The minimum Gasteiger partial charge on any atom is -0.756 e. The summed E-state index contributed by atoms with van der Waals surface area (Å²) in [6, 6.07) is -0.906. The summed E-state index contributed by atoms with van der Waals surface area (Å²) < 4.78 is 23.3. The van der Waals surface area contributed by atoms with Crippen LogP contribution in [0.5, 0.6) is 0 Å². The van der Waals surface area contributed by atoms with Gasteiger partial charge in [-0.15, -0.1) is 0 Å². The van der Waals surface area contributed by atoms with E-state index >= 15 is 0 Å². The van der Waals surface area contributed by atoms with E-state index in [2.05, 4.69) is 67.8 Å². The Kier molecular flexibility index (Phi) is 46.9. The number of carbonyl (C=O) groups is 1. The molecular weight excluding hydrogens is 840 g/mol. The maximum Gasteiger partial charge on any atom is 0.268 e. The van der Waals surface area contributed by atoms with Crippen LogP contribution in [0, 0.1) is 0 Å². The molecule has 0 aromatic rings. The van der Waals surface area contributed by atoms with E-state index in [-0.39, 0.29) is 12.5 Å². The van der Waals surface area contributed by atoms with Gasteiger partial charge in [-0.1, -0.05) is 229 Å². The van der Waals surface area contributed by atoms with E-state index in [0.29, 0.717) is 17.4 Å². The summed E-state index contributed by atoms with van der Waals surface area (Å²) >= 11 is 0. The Morgan fingerprint density at radius 1 is 0.530 bits per heavy atom. The van der Waals surface area contributed by atoms with Crippen LogP contribution in [0.1, 0.15) is 245 Å². The number of hydrogen-bond acceptors (Lipinski definition) is 6. The van der Waals surface area contributed by atoms with Crippen molar-refractivity contribution in [3.63, 3.8) is 0 Å². The molecule has 8 nitrogen and oxygen atoms in total. The molecule has 0 aliphatic rings. The summed E-state index contributed by atoms with van der Waals surface area (Å²) in [6.07, 6.45) is 64.3. The third-order valence-electron chi connectivity index (χ3n) is 12.2. The molecule has 0 rings (SSSR count). The largest absolute Gasteiger partial charge is 0.756 e. The molecule has 0 aromatic carbocycles. The lowest BCUT2D eigenvalue weighted by Crippen LogP contribution is -2.45. The van der Waals surface area contributed by atoms with E-state index in [1.165, 1.54) is 173 Å². The quantitative estimate of drug-likeness (QED) is 0.0272. The minimum atomic E-state index is -4.60. The third-order valence-corrected chi connectivity index (χ3v) is 13.2. The smallest absolute Gasteiger partial charge is 0.268 e. The van der Waals surface area contributed by atoms with Gasteiger partial charge in [0.15, 0.2) is 0 Å². The number of allylic oxidation sites excluding steroid dienone is 9. The van der Waals surface area contributed by atoms with Crippen molar-refractivity contribution in [3.8, 4) is 0 Å². The van der Waals surface area contributed by atoms with Crippen molar-refractivity contribution in [1.82, 2.24) is 5.32 Å². The Balaban J connectivity index is 4.25. The van der Waals surface area contributed by atoms with Crippen molar-refractivity contribution >= 4 is 13.7 Å². The topological polar surface area (TPSA) is 108 Å². The highest BCUT2D eigenvalue weighted by molar-refractivity contribution is 7.45. The van der Waals surface area contributed by atoms with Crippen LogP contribution in [0.25, 0.3) is 0 Å². The van der Waals surface area contributed by atoms with Gasteiger partial charge in [-0.2, -0.15) is 0 Å². The molecule has 66 heavy (non-hydrogen) atoms. The first-order valence-electron chi connectivity index (χ1n) is 27.7. The number of likely N-dealkylation sites (N-methyl/N-ethyl adjacent to an activating group) is 1. The molecule has 0 heterocycles. The number of phosphoric acid groups is 1. The fourth-order valence-electron chi connectivity index (χ4n) is 7.82. The Hall–Kier alpha value is -1.80. The fraction of sp³-hybridized carbons (Fsp3) is 0.807. The second-order valence-electron chi connectivity index (χ2n) is 19.9. The number of hydrogen-bond donors (Lipinski definition) is 2. The minimum absolute atomic E-state index is 0.00819. The SMILES string of the molecule is CCCCCCC/C=C\C/C=C\C/C=C\CCCCCCCCCCCCCCC(=O)NC(COP(=O)([O-])OCC[N+](C)(C)C)C(O)/C=C/CC/C=C/CCCCCCCCCCCCC. The maximum absolute atomic E-state index is 12.9. The zero-order valence-corrected chi connectivity index (χ0v) is 44.8. The van der Waals surface area contributed by atoms with Gasteiger partial charge < -0.3 is 28.8 Å². The normalized spacial score (nSPS) is 14.5. The molecule has 0 aliphatic carbocycles. The van der Waals surface area contributed by atoms with Gasteiger partial charge >= 0.3 is 0 Å². The van der Waals surface area contributed by atoms with E-state index in [4.69, 9.17) is 9.05 Å². The van der Waals surface area contributed by atoms with Crippen LogP contribution in [-0.4, -0.2) is 68.5 Å². The molecule has 3 atom stereocenters. The molecule has 386 valence electrons. The highest BCUT2D eigenvalue weighted by Crippen LogP contribution is 2.38. The number of nitrogens with one attached hydrogen (secondary N) is 1. The average Bonchev–Trinajstić information content (AvgIpc) is 3.28. The van der Waals surface area contributed by atoms with Crippen molar-refractivity contribution in [2.75, 3.05) is 40.9 Å². The highest BCUT2D eigenvalue weighted by atomic mass is 31.2. The monoisotopic (exact) mass is 947 g/mol. The van der Waals surface area contributed by atoms with Crippen LogP contribution in [0.3, 0.4) is 0 Å². The Bertz CT molecular complexity index is 1260. The average molecular weight is 947 g/mol. The Morgan fingerprint density at radius 2 is 0.894 bits per heavy atom. The first-order chi connectivity index (χ1) is 32.0. The van der Waals surface area contributed by atoms with Gasteiger partial charge in [-0.25, -0.2) is 0 Å². The number of rotatable bonds is 50. The number of amides is 1. The fourth-order valence-corrected chi connectivity index (χ4v) is 8.55. The second kappa shape index (κ2) is 48.2. The van der Waals surface area contributed by atoms with Crippen LogP contribution in [0.2, 0.25) is 0 Å². The van der Waals surface area contributed by atoms with Crippen LogP contribution in [0.15, 0.2) is 60.8 Å². The van der Waals surface area contributed by atoms with Gasteiger partial charge in [0.05, 0.1) is 39.9 Å². The molecular formula is C57H107N2O6P. The number of quaternary nitrogens is 1. The second-order valence-corrected chi connectivity index (χ2v) is 21.3. The van der Waals surface area contributed by atoms with Gasteiger partial charge in [0, 0.05) is 6.42 Å². The molecule has 0 fully saturated rings. The predicted octanol–water partition coefficient (Wildman–Crippen LogP) is 15.9. The van der Waals surface area contributed by atoms with E-state index in [9.17, 15) is 19.4 Å². The predicted molar refractivity (Wildman–Crippen MR) is 284 cm³/mol. The zero-order chi connectivity index (χ0) is 48.5. The molecule has 0 saturated heterocycles. The molecule has 0 radical (unpaired) electrons. The lowest BCUT2D eigenvalue weighted by molar-refractivity contribution is -0.870. The molecule has 0 aromatic heterocycles. The van der Waals surface area contributed by atoms with Gasteiger partial charge in [-0.05, 0) is 70.6 Å². The first-order valence-corrected chi connectivity index (χ1v) is 29.1. The molecule has 0 spiro atoms. The van der Waals surface area contributed by atoms with Crippen molar-refractivity contribution in [2.24, 2.45) is 0 Å². The highest BCUT2D eigenvalue weighted by Gasteiger charge is 2.23. The van der Waals surface area contributed by atoms with Crippen LogP contribution in [0.4, 0.5) is 0 Å². The van der Waals surface area contributed by atoms with E-state index in [0.717, 1.165) is 51.4 Å². The van der Waals surface area contributed by atoms with Gasteiger partial charge in [0.25, 0.3) is 7.82 Å². The summed E-state index contributed by atoms with van der Waals surface area (Å²) in [4.78, 5) is 25.5. The molecule has 9 heteroatoms. The lowest BCUT2D eigenvalue weighted by Gasteiger charge is -2.29. The van der Waals surface area contributed by atoms with E-state index in [1.807, 2.05) is 27.2 Å². The van der Waals surface area contributed by atoms with Gasteiger partial charge in [0.1, 0.15) is 13.2 Å². The third kappa shape index (κ3) is 50.1. The van der Waals surface area contributed by atoms with E-state index < -0.39 is 26.6 Å². The molecule has 3 unspecified atom stereocenters. The lowest BCUT2D eigenvalue weighted by atomic mass is 10.0. The molecule has 1 amide bonds. The summed E-state index contributed by atoms with van der Waals surface area (Å²) in [6.45, 7) is 4.62. The number of unbranched alkanes of at least 4 members (excludes halogenated alkanes) is 29. The first kappa shape index (κ1) is 64.2. The summed E-state index contributed by atoms with van der Waals surface area (Å²) in [5, 5.41) is 13.8. The molecule has 0 bridgehead atoms. The van der Waals surface area contributed by atoms with Crippen molar-refractivity contribution in [3.05, 3.63) is 60.8 Å². The molecule has 2 N–H and O–H groups in total.